The van der Waals surface area contributed by atoms with Crippen molar-refractivity contribution in [2.24, 2.45) is 5.73 Å². The lowest BCUT2D eigenvalue weighted by atomic mass is 10.2. The van der Waals surface area contributed by atoms with Gasteiger partial charge in [0.15, 0.2) is 0 Å². The standard InChI is InChI=1S/C10H12N4O4/c11-9(17)7-3-5(15)4-14(7)10(18)6-1-2-8(16)13-12-6/h1-2,5,7,15H,3-4H2,(H2,11,17)(H,13,16). The van der Waals surface area contributed by atoms with Crippen LogP contribution in [0.5, 0.6) is 0 Å². The maximum absolute atomic E-state index is 12.0. The Morgan fingerprint density at radius 1 is 1.50 bits per heavy atom. The average Bonchev–Trinajstić information content (AvgIpc) is 2.71. The number of nitrogens with two attached hydrogens (primary N) is 1. The molecule has 0 spiro atoms. The van der Waals surface area contributed by atoms with Crippen LogP contribution in [0.1, 0.15) is 16.9 Å². The number of aromatic amines is 1. The number of rotatable bonds is 2. The SMILES string of the molecule is NC(=O)C1CC(O)CN1C(=O)c1ccc(=O)[nH]n1. The van der Waals surface area contributed by atoms with Crippen molar-refractivity contribution >= 4 is 11.8 Å². The number of hydrogen-bond acceptors (Lipinski definition) is 5. The van der Waals surface area contributed by atoms with Gasteiger partial charge < -0.3 is 15.7 Å². The number of carbonyl (C=O) groups is 2. The largest absolute Gasteiger partial charge is 0.391 e. The smallest absolute Gasteiger partial charge is 0.275 e. The van der Waals surface area contributed by atoms with Crippen molar-refractivity contribution in [2.45, 2.75) is 18.6 Å². The van der Waals surface area contributed by atoms with Crippen LogP contribution >= 0.6 is 0 Å². The third-order valence-corrected chi connectivity index (χ3v) is 2.77. The van der Waals surface area contributed by atoms with E-state index in [1.807, 2.05) is 0 Å². The van der Waals surface area contributed by atoms with Crippen LogP contribution in [-0.4, -0.2) is 50.7 Å². The van der Waals surface area contributed by atoms with Crippen molar-refractivity contribution in [1.82, 2.24) is 15.1 Å². The summed E-state index contributed by atoms with van der Waals surface area (Å²) in [5.41, 5.74) is 4.73. The minimum absolute atomic E-state index is 0.00468. The molecule has 8 nitrogen and oxygen atoms in total. The molecule has 0 saturated carbocycles. The minimum atomic E-state index is -0.846. The number of nitrogens with zero attached hydrogens (tertiary/aromatic N) is 2. The summed E-state index contributed by atoms with van der Waals surface area (Å²) in [6.45, 7) is 0.0211. The van der Waals surface area contributed by atoms with E-state index in [2.05, 4.69) is 10.2 Å². The Kier molecular flexibility index (Phi) is 3.11. The Morgan fingerprint density at radius 2 is 2.22 bits per heavy atom. The second kappa shape index (κ2) is 4.57. The first-order chi connectivity index (χ1) is 8.49. The molecule has 0 radical (unpaired) electrons. The van der Waals surface area contributed by atoms with Gasteiger partial charge in [-0.05, 0) is 6.07 Å². The molecule has 1 aliphatic rings. The van der Waals surface area contributed by atoms with Crippen molar-refractivity contribution < 1.29 is 14.7 Å². The number of amides is 2. The zero-order valence-corrected chi connectivity index (χ0v) is 9.37. The lowest BCUT2D eigenvalue weighted by molar-refractivity contribution is -0.121. The number of H-pyrrole nitrogens is 1. The molecular formula is C10H12N4O4. The summed E-state index contributed by atoms with van der Waals surface area (Å²) in [7, 11) is 0. The number of primary amides is 1. The van der Waals surface area contributed by atoms with Crippen LogP contribution in [0.3, 0.4) is 0 Å². The van der Waals surface area contributed by atoms with Crippen LogP contribution in [0.25, 0.3) is 0 Å². The topological polar surface area (TPSA) is 129 Å². The van der Waals surface area contributed by atoms with Crippen LogP contribution in [0.4, 0.5) is 0 Å². The molecule has 2 rings (SSSR count). The van der Waals surface area contributed by atoms with Gasteiger partial charge in [0.05, 0.1) is 6.10 Å². The van der Waals surface area contributed by atoms with Gasteiger partial charge >= 0.3 is 0 Å². The molecule has 2 heterocycles. The fraction of sp³-hybridized carbons (Fsp3) is 0.400. The van der Waals surface area contributed by atoms with Crippen molar-refractivity contribution in [3.8, 4) is 0 Å². The lowest BCUT2D eigenvalue weighted by Crippen LogP contribution is -2.44. The molecule has 2 atom stereocenters. The van der Waals surface area contributed by atoms with Gasteiger partial charge in [-0.25, -0.2) is 5.10 Å². The first-order valence-corrected chi connectivity index (χ1v) is 5.33. The highest BCUT2D eigenvalue weighted by atomic mass is 16.3. The van der Waals surface area contributed by atoms with Crippen molar-refractivity contribution in [3.63, 3.8) is 0 Å². The number of aliphatic hydroxyl groups excluding tert-OH is 1. The molecule has 4 N–H and O–H groups in total. The van der Waals surface area contributed by atoms with E-state index in [0.717, 1.165) is 11.0 Å². The van der Waals surface area contributed by atoms with E-state index in [4.69, 9.17) is 5.73 Å². The summed E-state index contributed by atoms with van der Waals surface area (Å²) in [4.78, 5) is 35.2. The Labute approximate surface area is 101 Å². The van der Waals surface area contributed by atoms with Crippen LogP contribution in [0.2, 0.25) is 0 Å². The Bertz CT molecular complexity index is 520. The van der Waals surface area contributed by atoms with E-state index >= 15 is 0 Å². The summed E-state index contributed by atoms with van der Waals surface area (Å²) >= 11 is 0. The summed E-state index contributed by atoms with van der Waals surface area (Å²) in [5.74, 6) is -1.23. The molecule has 0 aliphatic carbocycles. The monoisotopic (exact) mass is 252 g/mol. The van der Waals surface area contributed by atoms with Crippen molar-refractivity contribution in [1.29, 1.82) is 0 Å². The lowest BCUT2D eigenvalue weighted by Gasteiger charge is -2.20. The predicted molar refractivity (Wildman–Crippen MR) is 59.5 cm³/mol. The molecule has 0 aromatic carbocycles. The summed E-state index contributed by atoms with van der Waals surface area (Å²) in [6, 6.07) is 1.57. The molecule has 1 aromatic heterocycles. The van der Waals surface area contributed by atoms with Crippen LogP contribution in [0, 0.1) is 0 Å². The number of likely N-dealkylation sites (tertiary alicyclic amines) is 1. The van der Waals surface area contributed by atoms with Crippen LogP contribution < -0.4 is 11.3 Å². The highest BCUT2D eigenvalue weighted by molar-refractivity contribution is 5.96. The number of β-amino-alcohol motifs (C(OH)–C–C–N with tert-alkyl or cyclic N) is 1. The third kappa shape index (κ3) is 2.23. The normalized spacial score (nSPS) is 23.1. The Hall–Kier alpha value is -2.22. The van der Waals surface area contributed by atoms with Gasteiger partial charge in [0.2, 0.25) is 5.91 Å². The van der Waals surface area contributed by atoms with E-state index in [1.54, 1.807) is 0 Å². The number of hydrogen-bond donors (Lipinski definition) is 3. The molecule has 1 saturated heterocycles. The van der Waals surface area contributed by atoms with Crippen LogP contribution in [0.15, 0.2) is 16.9 Å². The maximum atomic E-state index is 12.0. The fourth-order valence-electron chi connectivity index (χ4n) is 1.92. The van der Waals surface area contributed by atoms with Gasteiger partial charge in [-0.15, -0.1) is 0 Å². The summed E-state index contributed by atoms with van der Waals surface area (Å²) in [5, 5.41) is 15.2. The van der Waals surface area contributed by atoms with E-state index < -0.39 is 29.5 Å². The van der Waals surface area contributed by atoms with Gasteiger partial charge in [0.1, 0.15) is 11.7 Å². The van der Waals surface area contributed by atoms with E-state index in [9.17, 15) is 19.5 Å². The van der Waals surface area contributed by atoms with E-state index in [0.29, 0.717) is 0 Å². The first-order valence-electron chi connectivity index (χ1n) is 5.33. The minimum Gasteiger partial charge on any atom is -0.391 e. The van der Waals surface area contributed by atoms with Crippen molar-refractivity contribution in [2.75, 3.05) is 6.54 Å². The molecule has 1 fully saturated rings. The number of aliphatic hydroxyl groups is 1. The zero-order valence-electron chi connectivity index (χ0n) is 9.37. The molecule has 1 aliphatic heterocycles. The molecular weight excluding hydrogens is 240 g/mol. The molecule has 18 heavy (non-hydrogen) atoms. The molecule has 2 unspecified atom stereocenters. The highest BCUT2D eigenvalue weighted by Gasteiger charge is 2.38. The Morgan fingerprint density at radius 3 is 2.78 bits per heavy atom. The predicted octanol–water partition coefficient (Wildman–Crippen LogP) is -2.17. The van der Waals surface area contributed by atoms with Gasteiger partial charge in [-0.2, -0.15) is 5.10 Å². The first kappa shape index (κ1) is 12.2. The van der Waals surface area contributed by atoms with Gasteiger partial charge in [-0.3, -0.25) is 14.4 Å². The maximum Gasteiger partial charge on any atom is 0.275 e. The number of carbonyl (C=O) groups excluding carboxylic acids is 2. The van der Waals surface area contributed by atoms with E-state index in [-0.39, 0.29) is 18.7 Å². The number of aromatic nitrogens is 2. The Balaban J connectivity index is 2.25. The molecule has 1 aromatic rings. The average molecular weight is 252 g/mol. The molecule has 8 heteroatoms. The molecule has 0 bridgehead atoms. The summed E-state index contributed by atoms with van der Waals surface area (Å²) < 4.78 is 0. The van der Waals surface area contributed by atoms with Gasteiger partial charge in [0.25, 0.3) is 11.5 Å². The second-order valence-corrected chi connectivity index (χ2v) is 4.07. The molecule has 96 valence electrons. The third-order valence-electron chi connectivity index (χ3n) is 2.77. The van der Waals surface area contributed by atoms with Crippen LogP contribution in [-0.2, 0) is 4.79 Å². The number of nitrogens with one attached hydrogen (secondary N) is 1. The fourth-order valence-corrected chi connectivity index (χ4v) is 1.92. The summed E-state index contributed by atoms with van der Waals surface area (Å²) in [6.07, 6.45) is -0.668. The van der Waals surface area contributed by atoms with Gasteiger partial charge in [-0.1, -0.05) is 0 Å². The molecule has 2 amide bonds. The zero-order chi connectivity index (χ0) is 13.3. The highest BCUT2D eigenvalue weighted by Crippen LogP contribution is 2.19. The second-order valence-electron chi connectivity index (χ2n) is 4.07. The van der Waals surface area contributed by atoms with Gasteiger partial charge in [0, 0.05) is 19.0 Å². The van der Waals surface area contributed by atoms with Crippen molar-refractivity contribution in [3.05, 3.63) is 28.2 Å². The van der Waals surface area contributed by atoms with E-state index in [1.165, 1.54) is 6.07 Å². The quantitative estimate of drug-likeness (QED) is 0.551.